The Morgan fingerprint density at radius 1 is 0.486 bits per heavy atom. The summed E-state index contributed by atoms with van der Waals surface area (Å²) in [7, 11) is 0. The Bertz CT molecular complexity index is 1430. The van der Waals surface area contributed by atoms with E-state index >= 15 is 0 Å². The number of aliphatic hydroxyl groups is 8. The molecule has 0 aromatic carbocycles. The minimum absolute atomic E-state index is 0.256. The largest absolute Gasteiger partial charge is 0.394 e. The van der Waals surface area contributed by atoms with Gasteiger partial charge in [0.15, 0.2) is 12.6 Å². The van der Waals surface area contributed by atoms with Crippen LogP contribution in [-0.4, -0.2) is 140 Å². The number of rotatable bonds is 47. The van der Waals surface area contributed by atoms with Crippen LogP contribution in [0.1, 0.15) is 232 Å². The molecule has 2 rings (SSSR count). The maximum absolute atomic E-state index is 13.2. The summed E-state index contributed by atoms with van der Waals surface area (Å²) >= 11 is 0. The second kappa shape index (κ2) is 45.9. The van der Waals surface area contributed by atoms with Crippen molar-refractivity contribution in [3.63, 3.8) is 0 Å². The third-order valence-electron chi connectivity index (χ3n) is 14.5. The fourth-order valence-corrected chi connectivity index (χ4v) is 9.64. The Morgan fingerprint density at radius 2 is 0.932 bits per heavy atom. The predicted molar refractivity (Wildman–Crippen MR) is 295 cm³/mol. The van der Waals surface area contributed by atoms with Crippen LogP contribution in [-0.2, 0) is 23.7 Å². The van der Waals surface area contributed by atoms with E-state index in [0.717, 1.165) is 64.2 Å². The SMILES string of the molecule is CCC/C=C\C/C=C\CCCCCCCC(=O)NC(COC1OC(CO)C(OC2OC(CO)C(O)C(O)C2O)C(O)C1O)C(O)/C=C/CC/C=C/CCCCCCCCCCCCCCCCCCCCCCC. The zero-order valence-corrected chi connectivity index (χ0v) is 46.3. The van der Waals surface area contributed by atoms with Crippen LogP contribution < -0.4 is 5.32 Å². The van der Waals surface area contributed by atoms with Gasteiger partial charge in [-0.15, -0.1) is 0 Å². The molecule has 1 amide bonds. The second-order valence-corrected chi connectivity index (χ2v) is 21.1. The fraction of sp³-hybridized carbons (Fsp3) is 0.850. The van der Waals surface area contributed by atoms with E-state index in [1.165, 1.54) is 135 Å². The molecule has 0 saturated carbocycles. The van der Waals surface area contributed by atoms with Gasteiger partial charge in [0.25, 0.3) is 0 Å². The molecular weight excluding hydrogens is 943 g/mol. The summed E-state index contributed by atoms with van der Waals surface area (Å²) in [6, 6.07) is -0.939. The Kier molecular flexibility index (Phi) is 42.2. The topological polar surface area (TPSA) is 228 Å². The van der Waals surface area contributed by atoms with Gasteiger partial charge in [-0.3, -0.25) is 4.79 Å². The van der Waals surface area contributed by atoms with Gasteiger partial charge in [-0.05, 0) is 57.8 Å². The molecule has 0 aliphatic carbocycles. The first-order chi connectivity index (χ1) is 36.1. The molecule has 12 unspecified atom stereocenters. The van der Waals surface area contributed by atoms with E-state index in [9.17, 15) is 45.6 Å². The molecule has 9 N–H and O–H groups in total. The normalized spacial score (nSPS) is 25.5. The lowest BCUT2D eigenvalue weighted by atomic mass is 9.97. The number of unbranched alkanes of at least 4 members (excludes halogenated alkanes) is 28. The minimum atomic E-state index is -1.79. The Morgan fingerprint density at radius 3 is 1.46 bits per heavy atom. The number of amides is 1. The van der Waals surface area contributed by atoms with Crippen molar-refractivity contribution in [1.29, 1.82) is 0 Å². The van der Waals surface area contributed by atoms with Gasteiger partial charge in [0, 0.05) is 6.42 Å². The maximum atomic E-state index is 13.2. The van der Waals surface area contributed by atoms with Crippen molar-refractivity contribution in [3.8, 4) is 0 Å². The van der Waals surface area contributed by atoms with Crippen molar-refractivity contribution in [2.45, 2.75) is 306 Å². The Labute approximate surface area is 448 Å². The highest BCUT2D eigenvalue weighted by Gasteiger charge is 2.51. The Hall–Kier alpha value is -2.05. The number of carbonyl (C=O) groups is 1. The number of nitrogens with one attached hydrogen (secondary N) is 1. The summed E-state index contributed by atoms with van der Waals surface area (Å²) in [5.41, 5.74) is 0. The van der Waals surface area contributed by atoms with Crippen LogP contribution in [0.15, 0.2) is 48.6 Å². The molecule has 2 fully saturated rings. The number of ether oxygens (including phenoxy) is 4. The van der Waals surface area contributed by atoms with Gasteiger partial charge in [0.05, 0.1) is 32.0 Å². The molecule has 14 heteroatoms. The van der Waals surface area contributed by atoms with Gasteiger partial charge in [-0.1, -0.05) is 217 Å². The van der Waals surface area contributed by atoms with Gasteiger partial charge in [-0.25, -0.2) is 0 Å². The molecule has 0 radical (unpaired) electrons. The molecule has 2 heterocycles. The quantitative estimate of drug-likeness (QED) is 0.0205. The smallest absolute Gasteiger partial charge is 0.220 e. The van der Waals surface area contributed by atoms with Gasteiger partial charge >= 0.3 is 0 Å². The van der Waals surface area contributed by atoms with Crippen molar-refractivity contribution in [2.24, 2.45) is 0 Å². The van der Waals surface area contributed by atoms with Crippen molar-refractivity contribution in [1.82, 2.24) is 5.32 Å². The van der Waals surface area contributed by atoms with E-state index in [-0.39, 0.29) is 18.9 Å². The molecule has 2 aliphatic heterocycles. The summed E-state index contributed by atoms with van der Waals surface area (Å²) in [6.45, 7) is 2.71. The summed E-state index contributed by atoms with van der Waals surface area (Å²) in [6.07, 6.45) is 40.3. The van der Waals surface area contributed by atoms with E-state index < -0.39 is 86.8 Å². The number of carbonyl (C=O) groups excluding carboxylic acids is 1. The molecule has 0 aromatic rings. The van der Waals surface area contributed by atoms with E-state index in [0.29, 0.717) is 12.8 Å². The van der Waals surface area contributed by atoms with Crippen LogP contribution in [0.3, 0.4) is 0 Å². The molecule has 12 atom stereocenters. The lowest BCUT2D eigenvalue weighted by molar-refractivity contribution is -0.359. The number of hydrogen-bond donors (Lipinski definition) is 9. The van der Waals surface area contributed by atoms with E-state index in [4.69, 9.17) is 18.9 Å². The van der Waals surface area contributed by atoms with Crippen LogP contribution in [0.2, 0.25) is 0 Å². The van der Waals surface area contributed by atoms with E-state index in [2.05, 4.69) is 55.6 Å². The van der Waals surface area contributed by atoms with E-state index in [1.807, 2.05) is 6.08 Å². The molecule has 14 nitrogen and oxygen atoms in total. The monoisotopic (exact) mass is 1050 g/mol. The summed E-state index contributed by atoms with van der Waals surface area (Å²) in [5, 5.41) is 87.0. The van der Waals surface area contributed by atoms with Crippen LogP contribution >= 0.6 is 0 Å². The van der Waals surface area contributed by atoms with Crippen molar-refractivity contribution in [2.75, 3.05) is 19.8 Å². The zero-order valence-electron chi connectivity index (χ0n) is 46.3. The highest BCUT2D eigenvalue weighted by atomic mass is 16.7. The van der Waals surface area contributed by atoms with Crippen LogP contribution in [0.4, 0.5) is 0 Å². The first-order valence-electron chi connectivity index (χ1n) is 29.9. The number of allylic oxidation sites excluding steroid dienone is 7. The van der Waals surface area contributed by atoms with Gasteiger partial charge in [0.2, 0.25) is 5.91 Å². The molecule has 2 saturated heterocycles. The lowest BCUT2D eigenvalue weighted by Gasteiger charge is -2.46. The highest BCUT2D eigenvalue weighted by Crippen LogP contribution is 2.30. The summed E-state index contributed by atoms with van der Waals surface area (Å²) in [4.78, 5) is 13.2. The second-order valence-electron chi connectivity index (χ2n) is 21.1. The number of aliphatic hydroxyl groups excluding tert-OH is 8. The van der Waals surface area contributed by atoms with Crippen molar-refractivity contribution in [3.05, 3.63) is 48.6 Å². The average Bonchev–Trinajstić information content (AvgIpc) is 3.40. The van der Waals surface area contributed by atoms with Crippen LogP contribution in [0.25, 0.3) is 0 Å². The third kappa shape index (κ3) is 31.4. The van der Waals surface area contributed by atoms with E-state index in [1.54, 1.807) is 6.08 Å². The van der Waals surface area contributed by atoms with Crippen molar-refractivity contribution >= 4 is 5.91 Å². The predicted octanol–water partition coefficient (Wildman–Crippen LogP) is 10.0. The molecule has 0 spiro atoms. The first kappa shape index (κ1) is 68.1. The molecular formula is C60H109NO13. The maximum Gasteiger partial charge on any atom is 0.220 e. The fourth-order valence-electron chi connectivity index (χ4n) is 9.64. The summed E-state index contributed by atoms with van der Waals surface area (Å²) in [5.74, 6) is -0.264. The standard InChI is InChI=1S/C60H109NO13/c1-3-5-7-9-11-13-15-17-18-19-20-21-22-23-24-25-26-27-28-29-30-32-33-35-37-39-41-43-49(64)48(61-52(65)44-42-40-38-36-34-31-16-14-12-10-8-6-4-2)47-71-59-57(70)55(68)58(51(46-63)73-59)74-60-56(69)54(67)53(66)50(45-62)72-60/h8,10,14,16,33,35,41,43,48-51,53-60,62-64,66-70H,3-7,9,11-13,15,17-32,34,36-40,42,44-47H2,1-2H3,(H,61,65)/b10-8-,16-14-,35-33+,43-41+. The van der Waals surface area contributed by atoms with Gasteiger partial charge in [-0.2, -0.15) is 0 Å². The Balaban J connectivity index is 1.74. The van der Waals surface area contributed by atoms with Crippen molar-refractivity contribution < 1.29 is 64.6 Å². The average molecular weight is 1050 g/mol. The number of hydrogen-bond acceptors (Lipinski definition) is 13. The van der Waals surface area contributed by atoms with Crippen LogP contribution in [0, 0.1) is 0 Å². The lowest BCUT2D eigenvalue weighted by Crippen LogP contribution is -2.65. The zero-order chi connectivity index (χ0) is 53.9. The van der Waals surface area contributed by atoms with Crippen LogP contribution in [0.5, 0.6) is 0 Å². The molecule has 0 bridgehead atoms. The summed E-state index contributed by atoms with van der Waals surface area (Å²) < 4.78 is 22.7. The molecule has 432 valence electrons. The first-order valence-corrected chi connectivity index (χ1v) is 29.9. The molecule has 0 aromatic heterocycles. The third-order valence-corrected chi connectivity index (χ3v) is 14.5. The van der Waals surface area contributed by atoms with Gasteiger partial charge < -0.3 is 65.1 Å². The minimum Gasteiger partial charge on any atom is -0.394 e. The molecule has 74 heavy (non-hydrogen) atoms. The molecule has 2 aliphatic rings. The van der Waals surface area contributed by atoms with Gasteiger partial charge in [0.1, 0.15) is 48.8 Å². The highest BCUT2D eigenvalue weighted by molar-refractivity contribution is 5.76.